The number of Topliss-reactive ketones (excluding diaryl/α,β-unsaturated/α-hetero) is 1. The van der Waals surface area contributed by atoms with Gasteiger partial charge in [-0.05, 0) is 6.42 Å². The molecular weight excluding hydrogens is 411 g/mol. The van der Waals surface area contributed by atoms with Crippen LogP contribution in [0.4, 0.5) is 18.0 Å². The number of alkyl halides is 3. The highest BCUT2D eigenvalue weighted by Gasteiger charge is 2.38. The zero-order valence-corrected chi connectivity index (χ0v) is 16.5. The van der Waals surface area contributed by atoms with E-state index in [1.807, 2.05) is 0 Å². The number of carbonyl (C=O) groups is 2. The molecule has 0 aliphatic carbocycles. The van der Waals surface area contributed by atoms with E-state index in [-0.39, 0.29) is 41.7 Å². The minimum Gasteiger partial charge on any atom is -0.467 e. The average molecular weight is 433 g/mol. The maximum absolute atomic E-state index is 12.8. The van der Waals surface area contributed by atoms with Crippen LogP contribution in [0.2, 0.25) is 0 Å². The number of piperidine rings is 2. The van der Waals surface area contributed by atoms with Gasteiger partial charge in [-0.1, -0.05) is 11.3 Å². The second kappa shape index (κ2) is 8.10. The van der Waals surface area contributed by atoms with Gasteiger partial charge in [0, 0.05) is 56.7 Å². The summed E-state index contributed by atoms with van der Waals surface area (Å²) >= 11 is 0.829. The number of likely N-dealkylation sites (tertiary alicyclic amines) is 2. The molecule has 0 bridgehead atoms. The van der Waals surface area contributed by atoms with Crippen molar-refractivity contribution in [3.05, 3.63) is 11.1 Å². The van der Waals surface area contributed by atoms with Crippen LogP contribution in [-0.4, -0.2) is 71.6 Å². The summed E-state index contributed by atoms with van der Waals surface area (Å²) in [4.78, 5) is 31.5. The van der Waals surface area contributed by atoms with Gasteiger partial charge in [0.15, 0.2) is 11.5 Å². The van der Waals surface area contributed by atoms with Gasteiger partial charge >= 0.3 is 12.2 Å². The lowest BCUT2D eigenvalue weighted by Crippen LogP contribution is -2.55. The second-order valence-electron chi connectivity index (χ2n) is 7.67. The monoisotopic (exact) mass is 433 g/mol. The number of carbonyl (C=O) groups excluding carboxylic acids is 2. The third-order valence-corrected chi connectivity index (χ3v) is 6.37. The molecule has 2 amide bonds. The standard InChI is InChI=1S/C18H22F3N3O4S/c19-18(20,21)15-10-29-16(22-15)28-13-1-4-23(5-2-13)17(26)24-6-3-14-11(8-24)7-12(25)9-27-14/h10-11,13-14H,1-9H2/t11-,14+/m1/s1. The Hall–Kier alpha value is -1.88. The highest BCUT2D eigenvalue weighted by Crippen LogP contribution is 2.33. The van der Waals surface area contributed by atoms with Crippen LogP contribution in [-0.2, 0) is 15.7 Å². The van der Waals surface area contributed by atoms with Gasteiger partial charge in [-0.15, -0.1) is 0 Å². The van der Waals surface area contributed by atoms with Crippen molar-refractivity contribution in [1.29, 1.82) is 0 Å². The normalized spacial score (nSPS) is 26.4. The van der Waals surface area contributed by atoms with E-state index < -0.39 is 11.9 Å². The number of fused-ring (bicyclic) bond motifs is 1. The lowest BCUT2D eigenvalue weighted by molar-refractivity contribution is -0.141. The van der Waals surface area contributed by atoms with E-state index in [4.69, 9.17) is 9.47 Å². The third-order valence-electron chi connectivity index (χ3n) is 5.64. The van der Waals surface area contributed by atoms with Crippen molar-refractivity contribution in [2.45, 2.75) is 44.1 Å². The molecule has 29 heavy (non-hydrogen) atoms. The number of hydrogen-bond donors (Lipinski definition) is 0. The summed E-state index contributed by atoms with van der Waals surface area (Å²) < 4.78 is 49.1. The predicted octanol–water partition coefficient (Wildman–Crippen LogP) is 2.81. The first-order valence-electron chi connectivity index (χ1n) is 9.66. The van der Waals surface area contributed by atoms with Gasteiger partial charge in [-0.25, -0.2) is 4.79 Å². The maximum atomic E-state index is 12.8. The van der Waals surface area contributed by atoms with E-state index in [1.165, 1.54) is 0 Å². The van der Waals surface area contributed by atoms with Gasteiger partial charge in [0.05, 0.1) is 6.10 Å². The molecule has 3 saturated heterocycles. The fourth-order valence-electron chi connectivity index (χ4n) is 4.10. The first-order chi connectivity index (χ1) is 13.8. The van der Waals surface area contributed by atoms with Crippen LogP contribution in [0.25, 0.3) is 0 Å². The molecule has 7 nitrogen and oxygen atoms in total. The molecule has 11 heteroatoms. The Kier molecular flexibility index (Phi) is 5.69. The van der Waals surface area contributed by atoms with Crippen molar-refractivity contribution < 1.29 is 32.2 Å². The van der Waals surface area contributed by atoms with Crippen LogP contribution in [0.15, 0.2) is 5.38 Å². The van der Waals surface area contributed by atoms with Crippen molar-refractivity contribution >= 4 is 23.2 Å². The molecule has 3 aliphatic rings. The molecule has 2 atom stereocenters. The molecule has 0 saturated carbocycles. The molecular formula is C18H22F3N3O4S. The van der Waals surface area contributed by atoms with Crippen LogP contribution >= 0.6 is 11.3 Å². The van der Waals surface area contributed by atoms with Crippen molar-refractivity contribution in [1.82, 2.24) is 14.8 Å². The first-order valence-corrected chi connectivity index (χ1v) is 10.5. The summed E-state index contributed by atoms with van der Waals surface area (Å²) in [5.74, 6) is 0.136. The molecule has 3 aliphatic heterocycles. The number of urea groups is 1. The van der Waals surface area contributed by atoms with E-state index in [9.17, 15) is 22.8 Å². The van der Waals surface area contributed by atoms with Gasteiger partial charge in [-0.3, -0.25) is 4.79 Å². The van der Waals surface area contributed by atoms with Crippen molar-refractivity contribution in [3.63, 3.8) is 0 Å². The van der Waals surface area contributed by atoms with E-state index in [0.717, 1.165) is 23.1 Å². The Morgan fingerprint density at radius 3 is 2.62 bits per heavy atom. The summed E-state index contributed by atoms with van der Waals surface area (Å²) in [6.45, 7) is 2.24. The van der Waals surface area contributed by atoms with E-state index >= 15 is 0 Å². The SMILES string of the molecule is O=C1CO[C@H]2CCN(C(=O)N3CCC(Oc4nc(C(F)(F)F)cs4)CC3)C[C@H]2C1. The van der Waals surface area contributed by atoms with Gasteiger partial charge in [-0.2, -0.15) is 18.2 Å². The smallest absolute Gasteiger partial charge is 0.434 e. The van der Waals surface area contributed by atoms with E-state index in [0.29, 0.717) is 45.4 Å². The number of ether oxygens (including phenoxy) is 2. The van der Waals surface area contributed by atoms with Crippen molar-refractivity contribution in [2.75, 3.05) is 32.8 Å². The lowest BCUT2D eigenvalue weighted by atomic mass is 9.88. The highest BCUT2D eigenvalue weighted by molar-refractivity contribution is 7.11. The number of hydrogen-bond acceptors (Lipinski definition) is 6. The molecule has 0 N–H and O–H groups in total. The van der Waals surface area contributed by atoms with Gasteiger partial charge in [0.1, 0.15) is 12.7 Å². The molecule has 0 spiro atoms. The molecule has 3 fully saturated rings. The quantitative estimate of drug-likeness (QED) is 0.717. The second-order valence-corrected chi connectivity index (χ2v) is 8.49. The van der Waals surface area contributed by atoms with Gasteiger partial charge in [0.2, 0.25) is 0 Å². The summed E-state index contributed by atoms with van der Waals surface area (Å²) in [6, 6.07) is -0.0615. The third kappa shape index (κ3) is 4.66. The summed E-state index contributed by atoms with van der Waals surface area (Å²) in [5.41, 5.74) is -0.946. The molecule has 4 rings (SSSR count). The van der Waals surface area contributed by atoms with Crippen LogP contribution < -0.4 is 4.74 Å². The minimum absolute atomic E-state index is 0.00568. The van der Waals surface area contributed by atoms with E-state index in [2.05, 4.69) is 4.98 Å². The Labute approximate surface area is 169 Å². The summed E-state index contributed by atoms with van der Waals surface area (Å²) in [5, 5.41) is 0.947. The fraction of sp³-hybridized carbons (Fsp3) is 0.722. The van der Waals surface area contributed by atoms with Gasteiger partial charge in [0.25, 0.3) is 5.19 Å². The Morgan fingerprint density at radius 1 is 1.21 bits per heavy atom. The van der Waals surface area contributed by atoms with Crippen LogP contribution in [0.3, 0.4) is 0 Å². The lowest BCUT2D eigenvalue weighted by Gasteiger charge is -2.43. The number of amides is 2. The van der Waals surface area contributed by atoms with Crippen molar-refractivity contribution in [2.24, 2.45) is 5.92 Å². The molecule has 1 aromatic heterocycles. The molecule has 4 heterocycles. The Morgan fingerprint density at radius 2 is 1.93 bits per heavy atom. The number of nitrogens with zero attached hydrogens (tertiary/aromatic N) is 3. The summed E-state index contributed by atoms with van der Waals surface area (Å²) in [6.07, 6.45) is -2.43. The minimum atomic E-state index is -4.48. The maximum Gasteiger partial charge on any atom is 0.434 e. The summed E-state index contributed by atoms with van der Waals surface area (Å²) in [7, 11) is 0. The predicted molar refractivity (Wildman–Crippen MR) is 96.8 cm³/mol. The van der Waals surface area contributed by atoms with E-state index in [1.54, 1.807) is 9.80 Å². The largest absolute Gasteiger partial charge is 0.467 e. The zero-order valence-electron chi connectivity index (χ0n) is 15.7. The zero-order chi connectivity index (χ0) is 20.6. The number of aromatic nitrogens is 1. The average Bonchev–Trinajstić information content (AvgIpc) is 3.16. The van der Waals surface area contributed by atoms with Crippen molar-refractivity contribution in [3.8, 4) is 5.19 Å². The number of thiazole rings is 1. The molecule has 0 aromatic carbocycles. The molecule has 1 aromatic rings. The topological polar surface area (TPSA) is 72.0 Å². The number of rotatable bonds is 2. The number of halogens is 3. The molecule has 0 unspecified atom stereocenters. The first kappa shape index (κ1) is 20.4. The Balaban J connectivity index is 1.26. The van der Waals surface area contributed by atoms with Crippen LogP contribution in [0.5, 0.6) is 5.19 Å². The molecule has 160 valence electrons. The van der Waals surface area contributed by atoms with Crippen LogP contribution in [0.1, 0.15) is 31.4 Å². The molecule has 0 radical (unpaired) electrons. The highest BCUT2D eigenvalue weighted by atomic mass is 32.1. The fourth-order valence-corrected chi connectivity index (χ4v) is 4.84. The Bertz CT molecular complexity index is 764. The van der Waals surface area contributed by atoms with Gasteiger partial charge < -0.3 is 19.3 Å². The van der Waals surface area contributed by atoms with Crippen LogP contribution in [0, 0.1) is 5.92 Å². The number of ketones is 1.